The van der Waals surface area contributed by atoms with Crippen LogP contribution in [0.3, 0.4) is 0 Å². The van der Waals surface area contributed by atoms with E-state index in [1.54, 1.807) is 43.3 Å². The summed E-state index contributed by atoms with van der Waals surface area (Å²) in [4.78, 5) is 39.8. The van der Waals surface area contributed by atoms with Crippen LogP contribution >= 0.6 is 0 Å². The summed E-state index contributed by atoms with van der Waals surface area (Å²) in [7, 11) is 3.01. The first-order chi connectivity index (χ1) is 29.6. The molecule has 0 aliphatic carbocycles. The number of aliphatic hydroxyl groups is 1. The summed E-state index contributed by atoms with van der Waals surface area (Å²) in [6.07, 6.45) is 13.6. The monoisotopic (exact) mass is 837 g/mol. The number of aromatic nitrogens is 4. The number of ketones is 1. The number of esters is 1. The van der Waals surface area contributed by atoms with E-state index in [1.807, 2.05) is 0 Å². The first-order valence-electron chi connectivity index (χ1n) is 18.1. The van der Waals surface area contributed by atoms with Gasteiger partial charge in [0, 0.05) is 40.7 Å². The summed E-state index contributed by atoms with van der Waals surface area (Å²) in [6, 6.07) is 15.5. The quantitative estimate of drug-likeness (QED) is 0.0428. The third-order valence-corrected chi connectivity index (χ3v) is 8.29. The van der Waals surface area contributed by atoms with Crippen LogP contribution in [-0.4, -0.2) is 82.6 Å². The van der Waals surface area contributed by atoms with E-state index in [0.29, 0.717) is 74.4 Å². The number of ether oxygens (including phenoxy) is 5. The molecule has 16 nitrogen and oxygen atoms in total. The summed E-state index contributed by atoms with van der Waals surface area (Å²) in [6.45, 7) is 1.74. The number of terminal acetylenes is 2. The van der Waals surface area contributed by atoms with Gasteiger partial charge in [-0.25, -0.2) is 34.6 Å². The van der Waals surface area contributed by atoms with Crippen molar-refractivity contribution in [2.45, 2.75) is 19.8 Å². The second-order valence-corrected chi connectivity index (χ2v) is 12.1. The fourth-order valence-corrected chi connectivity index (χ4v) is 5.40. The smallest absolute Gasteiger partial charge is 0.309 e. The van der Waals surface area contributed by atoms with E-state index < -0.39 is 18.2 Å². The number of hydrogen-bond acceptors (Lipinski definition) is 16. The summed E-state index contributed by atoms with van der Waals surface area (Å²) >= 11 is 0. The number of nitrogens with zero attached hydrogens (tertiary/aromatic N) is 4. The fourth-order valence-electron chi connectivity index (χ4n) is 5.40. The van der Waals surface area contributed by atoms with Crippen molar-refractivity contribution in [2.75, 3.05) is 51.3 Å². The van der Waals surface area contributed by atoms with Crippen molar-refractivity contribution in [3.63, 3.8) is 0 Å². The predicted molar refractivity (Wildman–Crippen MR) is 222 cm³/mol. The van der Waals surface area contributed by atoms with Gasteiger partial charge in [0.05, 0.1) is 62.6 Å². The lowest BCUT2D eigenvalue weighted by atomic mass is 10.1. The number of methoxy groups -OCH3 is 2. The molecule has 0 aliphatic rings. The highest BCUT2D eigenvalue weighted by Gasteiger charge is 2.15. The van der Waals surface area contributed by atoms with Crippen LogP contribution in [0.4, 0.5) is 31.8 Å². The largest absolute Gasteiger partial charge is 0.493 e. The molecule has 61 heavy (non-hydrogen) atoms. The molecule has 0 amide bonds. The van der Waals surface area contributed by atoms with Gasteiger partial charge in [-0.3, -0.25) is 9.59 Å². The lowest BCUT2D eigenvalue weighted by molar-refractivity contribution is -0.143. The topological polar surface area (TPSA) is 222 Å². The number of carbonyl (C=O) groups excluding carboxylic acids is 2. The van der Waals surface area contributed by atoms with Gasteiger partial charge >= 0.3 is 5.97 Å². The van der Waals surface area contributed by atoms with E-state index in [2.05, 4.69) is 48.3 Å². The highest BCUT2D eigenvalue weighted by atomic mass is 19.1. The molecule has 2 aromatic heterocycles. The standard InChI is InChI=1S/C22H20FN3O4.C21H18FN3O4.H3NO/c1-4-14-10-15(6-7-17(14)23)26-22-16-11-20(30-9-8-21(27)29-5-2)19(28-3)12-18(16)24-13-25-22;1-3-13-8-14(4-5-17(13)22)25-21-16-9-20(29-7-6-15(27)11-26)19(28-2)10-18(16)23-12-24-21;1-2/h1,6-7,10-13H,5,8-9H2,2-3H3,(H,24,25,26);1,4-5,8-10,12,26H,6-7,11H2,2H3,(H,23,24,25);2H,1H2. The fraction of sp³-hybridized carbons (Fsp3) is 0.209. The highest BCUT2D eigenvalue weighted by molar-refractivity contribution is 5.94. The number of halogens is 2. The van der Waals surface area contributed by atoms with E-state index in [-0.39, 0.29) is 48.9 Å². The molecule has 6 rings (SSSR count). The molecule has 18 heteroatoms. The zero-order chi connectivity index (χ0) is 44.3. The Morgan fingerprint density at radius 1 is 0.705 bits per heavy atom. The van der Waals surface area contributed by atoms with E-state index in [1.165, 1.54) is 51.1 Å². The summed E-state index contributed by atoms with van der Waals surface area (Å²) < 4.78 is 54.3. The van der Waals surface area contributed by atoms with Gasteiger partial charge in [0.15, 0.2) is 28.8 Å². The molecule has 0 fully saturated rings. The molecule has 0 spiro atoms. The number of hydrogen-bond donors (Lipinski definition) is 5. The molecule has 316 valence electrons. The van der Waals surface area contributed by atoms with E-state index in [9.17, 15) is 18.4 Å². The third-order valence-electron chi connectivity index (χ3n) is 8.29. The third kappa shape index (κ3) is 12.4. The van der Waals surface area contributed by atoms with Crippen LogP contribution in [0.2, 0.25) is 0 Å². The van der Waals surface area contributed by atoms with Crippen molar-refractivity contribution >= 4 is 56.6 Å². The minimum absolute atomic E-state index is 0.0680. The highest BCUT2D eigenvalue weighted by Crippen LogP contribution is 2.36. The zero-order valence-corrected chi connectivity index (χ0v) is 33.2. The van der Waals surface area contributed by atoms with E-state index in [0.717, 1.165) is 0 Å². The summed E-state index contributed by atoms with van der Waals surface area (Å²) in [5.74, 6) is 9.14. The molecular formula is C43H41F2N7O9. The maximum Gasteiger partial charge on any atom is 0.309 e. The number of fused-ring (bicyclic) bond motifs is 2. The normalized spacial score (nSPS) is 10.1. The van der Waals surface area contributed by atoms with E-state index >= 15 is 0 Å². The Balaban J connectivity index is 0.000000258. The van der Waals surface area contributed by atoms with Gasteiger partial charge in [0.1, 0.15) is 42.5 Å². The first-order valence-corrected chi connectivity index (χ1v) is 18.1. The van der Waals surface area contributed by atoms with E-state index in [4.69, 9.17) is 46.8 Å². The van der Waals surface area contributed by atoms with Crippen molar-refractivity contribution in [1.82, 2.24) is 19.9 Å². The van der Waals surface area contributed by atoms with Crippen LogP contribution in [0.1, 0.15) is 30.9 Å². The van der Waals surface area contributed by atoms with Gasteiger partial charge < -0.3 is 44.6 Å². The molecule has 2 heterocycles. The lowest BCUT2D eigenvalue weighted by Crippen LogP contribution is -2.10. The molecular weight excluding hydrogens is 797 g/mol. The zero-order valence-electron chi connectivity index (χ0n) is 33.2. The minimum atomic E-state index is -0.530. The second-order valence-electron chi connectivity index (χ2n) is 12.1. The minimum Gasteiger partial charge on any atom is -0.493 e. The van der Waals surface area contributed by atoms with Crippen molar-refractivity contribution in [3.8, 4) is 47.7 Å². The Hall–Kier alpha value is -7.64. The van der Waals surface area contributed by atoms with Gasteiger partial charge in [-0.1, -0.05) is 11.8 Å². The Morgan fingerprint density at radius 2 is 1.16 bits per heavy atom. The number of benzene rings is 4. The van der Waals surface area contributed by atoms with Gasteiger partial charge in [0.2, 0.25) is 0 Å². The van der Waals surface area contributed by atoms with Crippen molar-refractivity contribution in [3.05, 3.63) is 96.1 Å². The number of anilines is 4. The number of nitrogens with one attached hydrogen (secondary N) is 2. The Labute approximate surface area is 349 Å². The molecule has 0 unspecified atom stereocenters. The first kappa shape index (κ1) is 46.1. The molecule has 4 aromatic carbocycles. The number of Topliss-reactive ketones (excluding diaryl/α,β-unsaturated/α-hetero) is 1. The van der Waals surface area contributed by atoms with Crippen molar-refractivity contribution in [1.29, 1.82) is 0 Å². The van der Waals surface area contributed by atoms with Crippen LogP contribution < -0.4 is 35.5 Å². The molecule has 0 aliphatic heterocycles. The summed E-state index contributed by atoms with van der Waals surface area (Å²) in [5, 5.41) is 22.8. The Kier molecular flexibility index (Phi) is 17.4. The molecule has 0 atom stereocenters. The molecule has 0 saturated heterocycles. The molecule has 6 aromatic rings. The van der Waals surface area contributed by atoms with Gasteiger partial charge in [-0.15, -0.1) is 12.8 Å². The predicted octanol–water partition coefficient (Wildman–Crippen LogP) is 6.00. The average Bonchev–Trinajstić information content (AvgIpc) is 3.28. The molecule has 0 bridgehead atoms. The van der Waals surface area contributed by atoms with Crippen molar-refractivity contribution in [2.24, 2.45) is 5.90 Å². The van der Waals surface area contributed by atoms with Crippen LogP contribution in [0.5, 0.6) is 23.0 Å². The number of aliphatic hydroxyl groups excluding tert-OH is 1. The van der Waals surface area contributed by atoms with Crippen LogP contribution in [0, 0.1) is 36.3 Å². The maximum atomic E-state index is 13.7. The SMILES string of the molecule is C#Cc1cc(Nc2ncnc3cc(OC)c(OCCC(=O)CO)cc23)ccc1F.C#Cc1cc(Nc2ncnc3cc(OC)c(OCCC(=O)OCC)cc23)ccc1F.NO. The molecule has 0 saturated carbocycles. The number of carbonyl (C=O) groups is 2. The van der Waals surface area contributed by atoms with Crippen LogP contribution in [0.15, 0.2) is 73.3 Å². The van der Waals surface area contributed by atoms with Gasteiger partial charge in [-0.05, 0) is 55.5 Å². The molecule has 6 N–H and O–H groups in total. The average molecular weight is 838 g/mol. The number of nitrogens with two attached hydrogens (primary N) is 1. The van der Waals surface area contributed by atoms with Crippen LogP contribution in [-0.2, 0) is 14.3 Å². The summed E-state index contributed by atoms with van der Waals surface area (Å²) in [5.41, 5.74) is 2.62. The van der Waals surface area contributed by atoms with Gasteiger partial charge in [0.25, 0.3) is 0 Å². The van der Waals surface area contributed by atoms with Gasteiger partial charge in [-0.2, -0.15) is 0 Å². The number of rotatable bonds is 16. The maximum absolute atomic E-state index is 13.7. The Bertz CT molecular complexity index is 2560. The lowest BCUT2D eigenvalue weighted by Gasteiger charge is -2.14. The molecule has 0 radical (unpaired) electrons. The van der Waals surface area contributed by atoms with Crippen LogP contribution in [0.25, 0.3) is 21.8 Å². The second kappa shape index (κ2) is 23.1. The Morgan fingerprint density at radius 3 is 1.57 bits per heavy atom. The van der Waals surface area contributed by atoms with Crippen molar-refractivity contribution < 1.29 is 52.4 Å².